The first-order chi connectivity index (χ1) is 9.83. The van der Waals surface area contributed by atoms with E-state index in [1.807, 2.05) is 6.92 Å². The number of nitrogens with two attached hydrogens (primary N) is 1. The molecule has 0 saturated heterocycles. The number of hydrogen-bond acceptors (Lipinski definition) is 3. The van der Waals surface area contributed by atoms with E-state index in [1.165, 1.54) is 12.1 Å². The minimum Gasteiger partial charge on any atom is -0.326 e. The van der Waals surface area contributed by atoms with Crippen LogP contribution in [0.4, 0.5) is 5.69 Å². The molecule has 0 aliphatic carbocycles. The number of hydrogen-bond donors (Lipinski definition) is 2. The zero-order chi connectivity index (χ0) is 15.6. The lowest BCUT2D eigenvalue weighted by Crippen LogP contribution is -2.13. The Balaban J connectivity index is 2.34. The van der Waals surface area contributed by atoms with E-state index >= 15 is 0 Å². The molecule has 21 heavy (non-hydrogen) atoms. The van der Waals surface area contributed by atoms with Crippen LogP contribution in [0.15, 0.2) is 45.8 Å². The lowest BCUT2D eigenvalue weighted by atomic mass is 10.2. The van der Waals surface area contributed by atoms with Gasteiger partial charge in [0.2, 0.25) is 0 Å². The second-order valence-electron chi connectivity index (χ2n) is 4.53. The number of sulfonamides is 1. The highest BCUT2D eigenvalue weighted by Crippen LogP contribution is 2.30. The van der Waals surface area contributed by atoms with Gasteiger partial charge in [-0.05, 0) is 58.2 Å². The summed E-state index contributed by atoms with van der Waals surface area (Å²) in [6, 6.07) is 9.75. The molecule has 0 radical (unpaired) electrons. The zero-order valence-corrected chi connectivity index (χ0v) is 14.4. The molecular formula is C14H14BrClN2O2S. The van der Waals surface area contributed by atoms with Gasteiger partial charge in [0.15, 0.2) is 0 Å². The van der Waals surface area contributed by atoms with Gasteiger partial charge in [0.05, 0.1) is 10.6 Å². The monoisotopic (exact) mass is 388 g/mol. The second kappa shape index (κ2) is 6.36. The fourth-order valence-corrected chi connectivity index (χ4v) is 3.66. The van der Waals surface area contributed by atoms with Crippen molar-refractivity contribution in [2.75, 3.05) is 4.72 Å². The molecule has 0 aliphatic rings. The predicted octanol–water partition coefficient (Wildman–Crippen LogP) is 3.67. The first-order valence-corrected chi connectivity index (χ1v) is 8.76. The normalized spacial score (nSPS) is 11.4. The van der Waals surface area contributed by atoms with Gasteiger partial charge in [-0.1, -0.05) is 23.7 Å². The van der Waals surface area contributed by atoms with Crippen LogP contribution in [0.25, 0.3) is 0 Å². The lowest BCUT2D eigenvalue weighted by Gasteiger charge is -2.11. The maximum absolute atomic E-state index is 12.3. The van der Waals surface area contributed by atoms with Crippen molar-refractivity contribution in [2.24, 2.45) is 5.73 Å². The highest BCUT2D eigenvalue weighted by atomic mass is 79.9. The number of halogens is 2. The molecule has 0 bridgehead atoms. The Morgan fingerprint density at radius 2 is 1.86 bits per heavy atom. The Morgan fingerprint density at radius 3 is 2.43 bits per heavy atom. The average Bonchev–Trinajstić information content (AvgIpc) is 2.44. The van der Waals surface area contributed by atoms with Crippen LogP contribution in [-0.4, -0.2) is 8.42 Å². The van der Waals surface area contributed by atoms with Gasteiger partial charge in [-0.2, -0.15) is 0 Å². The van der Waals surface area contributed by atoms with Gasteiger partial charge in [0.25, 0.3) is 10.0 Å². The Bertz CT molecular complexity index is 761. The van der Waals surface area contributed by atoms with Gasteiger partial charge in [-0.25, -0.2) is 8.42 Å². The summed E-state index contributed by atoms with van der Waals surface area (Å²) in [5, 5.41) is 0.495. The molecule has 0 fully saturated rings. The van der Waals surface area contributed by atoms with Crippen LogP contribution in [0, 0.1) is 6.92 Å². The Morgan fingerprint density at radius 1 is 1.24 bits per heavy atom. The fourth-order valence-electron chi connectivity index (χ4n) is 1.73. The van der Waals surface area contributed by atoms with Gasteiger partial charge in [0, 0.05) is 16.0 Å². The van der Waals surface area contributed by atoms with Crippen LogP contribution in [0.2, 0.25) is 5.02 Å². The van der Waals surface area contributed by atoms with Crippen molar-refractivity contribution in [2.45, 2.75) is 18.4 Å². The molecule has 7 heteroatoms. The van der Waals surface area contributed by atoms with Crippen LogP contribution < -0.4 is 10.5 Å². The summed E-state index contributed by atoms with van der Waals surface area (Å²) in [5.41, 5.74) is 7.62. The van der Waals surface area contributed by atoms with E-state index < -0.39 is 10.0 Å². The fraction of sp³-hybridized carbons (Fsp3) is 0.143. The zero-order valence-electron chi connectivity index (χ0n) is 11.2. The number of nitrogens with one attached hydrogen (secondary N) is 1. The minimum atomic E-state index is -3.67. The molecule has 112 valence electrons. The summed E-state index contributed by atoms with van der Waals surface area (Å²) in [4.78, 5) is 0.170. The standard InChI is InChI=1S/C14H14BrClN2O2S/c1-9-6-12(15)14(7-13(9)16)18-21(19,20)11-4-2-10(8-17)3-5-11/h2-7,18H,8,17H2,1H3. The number of aryl methyl sites for hydroxylation is 1. The third-order valence-electron chi connectivity index (χ3n) is 2.96. The Hall–Kier alpha value is -1.08. The van der Waals surface area contributed by atoms with Gasteiger partial charge in [0.1, 0.15) is 0 Å². The quantitative estimate of drug-likeness (QED) is 0.838. The van der Waals surface area contributed by atoms with Crippen LogP contribution in [0.3, 0.4) is 0 Å². The summed E-state index contributed by atoms with van der Waals surface area (Å²) in [7, 11) is -3.67. The SMILES string of the molecule is Cc1cc(Br)c(NS(=O)(=O)c2ccc(CN)cc2)cc1Cl. The highest BCUT2D eigenvalue weighted by Gasteiger charge is 2.16. The van der Waals surface area contributed by atoms with Crippen molar-refractivity contribution in [3.63, 3.8) is 0 Å². The van der Waals surface area contributed by atoms with E-state index in [4.69, 9.17) is 17.3 Å². The van der Waals surface area contributed by atoms with Crippen molar-refractivity contribution in [1.29, 1.82) is 0 Å². The van der Waals surface area contributed by atoms with E-state index in [1.54, 1.807) is 24.3 Å². The summed E-state index contributed by atoms with van der Waals surface area (Å²) in [6.07, 6.45) is 0. The van der Waals surface area contributed by atoms with Crippen LogP contribution >= 0.6 is 27.5 Å². The van der Waals surface area contributed by atoms with Gasteiger partial charge < -0.3 is 5.73 Å². The van der Waals surface area contributed by atoms with Crippen molar-refractivity contribution >= 4 is 43.2 Å². The maximum Gasteiger partial charge on any atom is 0.261 e. The molecule has 2 rings (SSSR count). The lowest BCUT2D eigenvalue weighted by molar-refractivity contribution is 0.601. The number of anilines is 1. The average molecular weight is 390 g/mol. The number of benzene rings is 2. The van der Waals surface area contributed by atoms with Crippen molar-refractivity contribution < 1.29 is 8.42 Å². The largest absolute Gasteiger partial charge is 0.326 e. The van der Waals surface area contributed by atoms with Crippen molar-refractivity contribution in [1.82, 2.24) is 0 Å². The molecule has 0 amide bonds. The maximum atomic E-state index is 12.3. The predicted molar refractivity (Wildman–Crippen MR) is 89.0 cm³/mol. The molecule has 0 aliphatic heterocycles. The summed E-state index contributed by atoms with van der Waals surface area (Å²) < 4.78 is 27.8. The number of rotatable bonds is 4. The van der Waals surface area contributed by atoms with E-state index in [9.17, 15) is 8.42 Å². The molecule has 3 N–H and O–H groups in total. The second-order valence-corrected chi connectivity index (χ2v) is 7.48. The minimum absolute atomic E-state index is 0.170. The first kappa shape index (κ1) is 16.3. The smallest absolute Gasteiger partial charge is 0.261 e. The summed E-state index contributed by atoms with van der Waals surface area (Å²) >= 11 is 9.36. The molecule has 2 aromatic carbocycles. The van der Waals surface area contributed by atoms with Crippen molar-refractivity contribution in [3.05, 3.63) is 57.0 Å². The molecule has 0 saturated carbocycles. The van der Waals surface area contributed by atoms with Crippen LogP contribution in [0.1, 0.15) is 11.1 Å². The molecule has 4 nitrogen and oxygen atoms in total. The molecule has 0 aromatic heterocycles. The molecule has 0 atom stereocenters. The van der Waals surface area contributed by atoms with Gasteiger partial charge >= 0.3 is 0 Å². The van der Waals surface area contributed by atoms with E-state index in [0.717, 1.165) is 11.1 Å². The van der Waals surface area contributed by atoms with Crippen molar-refractivity contribution in [3.8, 4) is 0 Å². The molecule has 0 spiro atoms. The molecule has 0 unspecified atom stereocenters. The Labute approximate surface area is 137 Å². The van der Waals surface area contributed by atoms with E-state index in [-0.39, 0.29) is 4.90 Å². The van der Waals surface area contributed by atoms with Gasteiger partial charge in [-0.3, -0.25) is 4.72 Å². The molecule has 0 heterocycles. The topological polar surface area (TPSA) is 72.2 Å². The highest BCUT2D eigenvalue weighted by molar-refractivity contribution is 9.10. The third-order valence-corrected chi connectivity index (χ3v) is 5.41. The van der Waals surface area contributed by atoms with Gasteiger partial charge in [-0.15, -0.1) is 0 Å². The molecule has 2 aromatic rings. The Kier molecular flexibility index (Phi) is 4.93. The summed E-state index contributed by atoms with van der Waals surface area (Å²) in [5.74, 6) is 0. The van der Waals surface area contributed by atoms with Crippen LogP contribution in [0.5, 0.6) is 0 Å². The van der Waals surface area contributed by atoms with Crippen LogP contribution in [-0.2, 0) is 16.6 Å². The van der Waals surface area contributed by atoms with E-state index in [2.05, 4.69) is 20.7 Å². The van der Waals surface area contributed by atoms with E-state index in [0.29, 0.717) is 21.7 Å². The summed E-state index contributed by atoms with van der Waals surface area (Å²) in [6.45, 7) is 2.21. The third kappa shape index (κ3) is 3.77. The first-order valence-electron chi connectivity index (χ1n) is 6.11. The molecular weight excluding hydrogens is 376 g/mol.